The molecular formula is C12H16N2O3. The second-order valence-corrected chi connectivity index (χ2v) is 4.50. The van der Waals surface area contributed by atoms with E-state index in [1.807, 2.05) is 0 Å². The van der Waals surface area contributed by atoms with Crippen LogP contribution in [0.15, 0.2) is 23.1 Å². The van der Waals surface area contributed by atoms with E-state index in [-0.39, 0.29) is 17.2 Å². The molecule has 1 N–H and O–H groups in total. The van der Waals surface area contributed by atoms with Crippen LogP contribution in [0.4, 0.5) is 0 Å². The van der Waals surface area contributed by atoms with Gasteiger partial charge in [-0.15, -0.1) is 0 Å². The van der Waals surface area contributed by atoms with E-state index in [1.54, 1.807) is 10.8 Å². The number of aromatic carboxylic acids is 1. The highest BCUT2D eigenvalue weighted by Gasteiger charge is 2.19. The minimum Gasteiger partial charge on any atom is -0.478 e. The van der Waals surface area contributed by atoms with Crippen molar-refractivity contribution in [3.8, 4) is 0 Å². The monoisotopic (exact) mass is 236 g/mol. The maximum absolute atomic E-state index is 11.8. The first kappa shape index (κ1) is 11.9. The number of nitrogens with zero attached hydrogens (tertiary/aromatic N) is 2. The van der Waals surface area contributed by atoms with Gasteiger partial charge in [0.1, 0.15) is 0 Å². The molecule has 5 heteroatoms. The Labute approximate surface area is 99.3 Å². The Morgan fingerprint density at radius 2 is 2.06 bits per heavy atom. The van der Waals surface area contributed by atoms with Gasteiger partial charge in [-0.2, -0.15) is 0 Å². The summed E-state index contributed by atoms with van der Waals surface area (Å²) in [6.07, 6.45) is 3.47. The van der Waals surface area contributed by atoms with Crippen LogP contribution < -0.4 is 5.56 Å². The Kier molecular flexibility index (Phi) is 3.28. The fourth-order valence-corrected chi connectivity index (χ4v) is 2.20. The van der Waals surface area contributed by atoms with Crippen molar-refractivity contribution < 1.29 is 9.90 Å². The number of hydrogen-bond donors (Lipinski definition) is 1. The highest BCUT2D eigenvalue weighted by molar-refractivity contribution is 5.87. The van der Waals surface area contributed by atoms with Crippen molar-refractivity contribution in [2.24, 2.45) is 0 Å². The molecule has 0 atom stereocenters. The van der Waals surface area contributed by atoms with Gasteiger partial charge in [-0.3, -0.25) is 4.79 Å². The van der Waals surface area contributed by atoms with Gasteiger partial charge < -0.3 is 14.6 Å². The zero-order valence-electron chi connectivity index (χ0n) is 9.80. The topological polar surface area (TPSA) is 62.5 Å². The second-order valence-electron chi connectivity index (χ2n) is 4.50. The highest BCUT2D eigenvalue weighted by Crippen LogP contribution is 2.19. The van der Waals surface area contributed by atoms with Crippen LogP contribution in [0.5, 0.6) is 0 Å². The van der Waals surface area contributed by atoms with Crippen molar-refractivity contribution in [1.29, 1.82) is 0 Å². The van der Waals surface area contributed by atoms with Crippen LogP contribution in [0.2, 0.25) is 0 Å². The Bertz CT molecular complexity index is 473. The summed E-state index contributed by atoms with van der Waals surface area (Å²) in [5.74, 6) is -1.06. The van der Waals surface area contributed by atoms with Gasteiger partial charge >= 0.3 is 5.97 Å². The number of pyridine rings is 1. The minimum atomic E-state index is -1.06. The molecule has 0 bridgehead atoms. The predicted molar refractivity (Wildman–Crippen MR) is 63.4 cm³/mol. The van der Waals surface area contributed by atoms with Crippen LogP contribution in [0, 0.1) is 0 Å². The smallest absolute Gasteiger partial charge is 0.335 e. The van der Waals surface area contributed by atoms with Crippen LogP contribution in [-0.2, 0) is 0 Å². The average molecular weight is 236 g/mol. The van der Waals surface area contributed by atoms with Gasteiger partial charge in [0.05, 0.1) is 5.56 Å². The third kappa shape index (κ3) is 2.55. The molecule has 0 amide bonds. The number of carbonyl (C=O) groups is 1. The minimum absolute atomic E-state index is 0.0548. The maximum Gasteiger partial charge on any atom is 0.335 e. The fourth-order valence-electron chi connectivity index (χ4n) is 2.20. The van der Waals surface area contributed by atoms with Crippen LogP contribution in [0.25, 0.3) is 0 Å². The Balaban J connectivity index is 2.22. The van der Waals surface area contributed by atoms with Gasteiger partial charge in [0.15, 0.2) is 0 Å². The molecule has 0 saturated carbocycles. The fraction of sp³-hybridized carbons (Fsp3) is 0.500. The lowest BCUT2D eigenvalue weighted by Crippen LogP contribution is -2.35. The largest absolute Gasteiger partial charge is 0.478 e. The predicted octanol–water partition coefficient (Wildman–Crippen LogP) is 0.813. The number of carboxylic acid groups (broad SMARTS) is 1. The van der Waals surface area contributed by atoms with Crippen molar-refractivity contribution in [2.75, 3.05) is 20.1 Å². The van der Waals surface area contributed by atoms with Crippen molar-refractivity contribution >= 4 is 5.97 Å². The van der Waals surface area contributed by atoms with E-state index >= 15 is 0 Å². The van der Waals surface area contributed by atoms with E-state index in [2.05, 4.69) is 11.9 Å². The number of likely N-dealkylation sites (tertiary alicyclic amines) is 1. The molecular weight excluding hydrogens is 220 g/mol. The molecule has 1 aromatic rings. The van der Waals surface area contributed by atoms with Gasteiger partial charge in [0.25, 0.3) is 5.56 Å². The maximum atomic E-state index is 11.8. The molecule has 1 aliphatic heterocycles. The summed E-state index contributed by atoms with van der Waals surface area (Å²) < 4.78 is 1.65. The van der Waals surface area contributed by atoms with E-state index < -0.39 is 5.97 Å². The third-order valence-electron chi connectivity index (χ3n) is 3.28. The summed E-state index contributed by atoms with van der Waals surface area (Å²) in [4.78, 5) is 24.8. The van der Waals surface area contributed by atoms with Crippen LogP contribution in [0.3, 0.4) is 0 Å². The van der Waals surface area contributed by atoms with Crippen molar-refractivity contribution in [2.45, 2.75) is 18.9 Å². The summed E-state index contributed by atoms with van der Waals surface area (Å²) in [6, 6.07) is 2.88. The van der Waals surface area contributed by atoms with Crippen LogP contribution in [-0.4, -0.2) is 40.7 Å². The number of carboxylic acids is 1. The molecule has 0 unspecified atom stereocenters. The van der Waals surface area contributed by atoms with E-state index in [4.69, 9.17) is 5.11 Å². The first-order chi connectivity index (χ1) is 8.08. The number of aromatic nitrogens is 1. The molecule has 2 heterocycles. The summed E-state index contributed by atoms with van der Waals surface area (Å²) in [6.45, 7) is 1.94. The zero-order chi connectivity index (χ0) is 12.4. The van der Waals surface area contributed by atoms with E-state index in [1.165, 1.54) is 12.1 Å². The summed E-state index contributed by atoms with van der Waals surface area (Å²) in [7, 11) is 2.06. The van der Waals surface area contributed by atoms with Gasteiger partial charge in [-0.25, -0.2) is 4.79 Å². The molecule has 5 nitrogen and oxygen atoms in total. The second kappa shape index (κ2) is 4.71. The molecule has 1 aliphatic rings. The Morgan fingerprint density at radius 3 is 2.59 bits per heavy atom. The first-order valence-corrected chi connectivity index (χ1v) is 5.72. The zero-order valence-corrected chi connectivity index (χ0v) is 9.80. The van der Waals surface area contributed by atoms with Gasteiger partial charge in [0, 0.05) is 18.3 Å². The van der Waals surface area contributed by atoms with Crippen LogP contribution in [0.1, 0.15) is 29.2 Å². The average Bonchev–Trinajstić information content (AvgIpc) is 2.30. The van der Waals surface area contributed by atoms with Crippen molar-refractivity contribution in [3.63, 3.8) is 0 Å². The Morgan fingerprint density at radius 1 is 1.41 bits per heavy atom. The van der Waals surface area contributed by atoms with E-state index in [0.29, 0.717) is 0 Å². The lowest BCUT2D eigenvalue weighted by molar-refractivity contribution is 0.0696. The van der Waals surface area contributed by atoms with Crippen molar-refractivity contribution in [1.82, 2.24) is 9.47 Å². The summed E-state index contributed by atoms with van der Waals surface area (Å²) >= 11 is 0. The molecule has 17 heavy (non-hydrogen) atoms. The lowest BCUT2D eigenvalue weighted by Gasteiger charge is -2.30. The van der Waals surface area contributed by atoms with Gasteiger partial charge in [-0.05, 0) is 39.0 Å². The van der Waals surface area contributed by atoms with E-state index in [0.717, 1.165) is 25.9 Å². The standard InChI is InChI=1S/C12H16N2O3/c1-13-5-3-10(4-6-13)14-7-2-9(12(16)17)8-11(14)15/h2,7-8,10H,3-6H2,1H3,(H,16,17). The quantitative estimate of drug-likeness (QED) is 0.825. The number of rotatable bonds is 2. The molecule has 92 valence electrons. The third-order valence-corrected chi connectivity index (χ3v) is 3.28. The lowest BCUT2D eigenvalue weighted by atomic mass is 10.1. The molecule has 1 aromatic heterocycles. The van der Waals surface area contributed by atoms with E-state index in [9.17, 15) is 9.59 Å². The van der Waals surface area contributed by atoms with Crippen LogP contribution >= 0.6 is 0 Å². The highest BCUT2D eigenvalue weighted by atomic mass is 16.4. The normalized spacial score (nSPS) is 18.2. The Hall–Kier alpha value is -1.62. The summed E-state index contributed by atoms with van der Waals surface area (Å²) in [5.41, 5.74) is -0.168. The molecule has 0 radical (unpaired) electrons. The molecule has 0 spiro atoms. The molecule has 1 saturated heterocycles. The van der Waals surface area contributed by atoms with Gasteiger partial charge in [-0.1, -0.05) is 0 Å². The molecule has 2 rings (SSSR count). The molecule has 1 fully saturated rings. The molecule has 0 aromatic carbocycles. The first-order valence-electron chi connectivity index (χ1n) is 5.72. The SMILES string of the molecule is CN1CCC(n2ccc(C(=O)O)cc2=O)CC1. The number of piperidine rings is 1. The summed E-state index contributed by atoms with van der Waals surface area (Å²) in [5, 5.41) is 8.79. The van der Waals surface area contributed by atoms with Gasteiger partial charge in [0.2, 0.25) is 0 Å². The number of hydrogen-bond acceptors (Lipinski definition) is 3. The van der Waals surface area contributed by atoms with Crippen molar-refractivity contribution in [3.05, 3.63) is 34.2 Å². The molecule has 0 aliphatic carbocycles.